The minimum atomic E-state index is 0.313. The average molecular weight is 220 g/mol. The molecule has 2 N–H and O–H groups in total. The van der Waals surface area contributed by atoms with Gasteiger partial charge in [0, 0.05) is 25.3 Å². The van der Waals surface area contributed by atoms with E-state index in [0.29, 0.717) is 18.0 Å². The Balaban J connectivity index is 2.74. The standard InChI is InChI=1S/C14H24N2/c1-14(2,3)10-13(11-15)16(4)12-8-6-5-7-9-12/h5-9,13H,10-11,15H2,1-4H3. The zero-order valence-corrected chi connectivity index (χ0v) is 10.9. The predicted molar refractivity (Wildman–Crippen MR) is 71.8 cm³/mol. The van der Waals surface area contributed by atoms with E-state index < -0.39 is 0 Å². The van der Waals surface area contributed by atoms with Crippen molar-refractivity contribution in [2.24, 2.45) is 11.1 Å². The maximum Gasteiger partial charge on any atom is 0.0414 e. The van der Waals surface area contributed by atoms with Crippen LogP contribution in [0.2, 0.25) is 0 Å². The van der Waals surface area contributed by atoms with Crippen LogP contribution in [0.4, 0.5) is 5.69 Å². The van der Waals surface area contributed by atoms with E-state index in [1.807, 2.05) is 6.07 Å². The molecule has 1 rings (SSSR count). The van der Waals surface area contributed by atoms with Gasteiger partial charge in [0.1, 0.15) is 0 Å². The number of para-hydroxylation sites is 1. The summed E-state index contributed by atoms with van der Waals surface area (Å²) in [5, 5.41) is 0. The summed E-state index contributed by atoms with van der Waals surface area (Å²) in [6, 6.07) is 10.8. The first-order valence-corrected chi connectivity index (χ1v) is 5.92. The molecule has 0 spiro atoms. The summed E-state index contributed by atoms with van der Waals surface area (Å²) in [6.07, 6.45) is 1.11. The fourth-order valence-corrected chi connectivity index (χ4v) is 1.96. The van der Waals surface area contributed by atoms with Crippen molar-refractivity contribution in [2.75, 3.05) is 18.5 Å². The van der Waals surface area contributed by atoms with Crippen LogP contribution in [0.5, 0.6) is 0 Å². The van der Waals surface area contributed by atoms with Crippen LogP contribution >= 0.6 is 0 Å². The maximum atomic E-state index is 5.88. The molecule has 0 heterocycles. The van der Waals surface area contributed by atoms with Gasteiger partial charge >= 0.3 is 0 Å². The van der Waals surface area contributed by atoms with Gasteiger partial charge < -0.3 is 10.6 Å². The molecule has 0 aliphatic carbocycles. The smallest absolute Gasteiger partial charge is 0.0414 e. The van der Waals surface area contributed by atoms with Gasteiger partial charge in [0.05, 0.1) is 0 Å². The highest BCUT2D eigenvalue weighted by Crippen LogP contribution is 2.25. The van der Waals surface area contributed by atoms with Crippen LogP contribution in [0.25, 0.3) is 0 Å². The average Bonchev–Trinajstić information content (AvgIpc) is 2.25. The first-order chi connectivity index (χ1) is 7.44. The lowest BCUT2D eigenvalue weighted by molar-refractivity contribution is 0.336. The predicted octanol–water partition coefficient (Wildman–Crippen LogP) is 2.89. The van der Waals surface area contributed by atoms with Crippen LogP contribution < -0.4 is 10.6 Å². The van der Waals surface area contributed by atoms with Gasteiger partial charge in [-0.15, -0.1) is 0 Å². The molecule has 0 bridgehead atoms. The van der Waals surface area contributed by atoms with Crippen LogP contribution in [0.3, 0.4) is 0 Å². The van der Waals surface area contributed by atoms with Crippen LogP contribution in [0.1, 0.15) is 27.2 Å². The Bertz CT molecular complexity index is 300. The summed E-state index contributed by atoms with van der Waals surface area (Å²) in [5.74, 6) is 0. The molecular formula is C14H24N2. The lowest BCUT2D eigenvalue weighted by Gasteiger charge is -2.33. The summed E-state index contributed by atoms with van der Waals surface area (Å²) in [5.41, 5.74) is 7.43. The Hall–Kier alpha value is -1.02. The molecule has 1 unspecified atom stereocenters. The van der Waals surface area contributed by atoms with Gasteiger partial charge in [-0.25, -0.2) is 0 Å². The minimum absolute atomic E-state index is 0.313. The van der Waals surface area contributed by atoms with E-state index in [4.69, 9.17) is 5.73 Å². The van der Waals surface area contributed by atoms with E-state index in [1.165, 1.54) is 5.69 Å². The SMILES string of the molecule is CN(c1ccccc1)C(CN)CC(C)(C)C. The number of benzene rings is 1. The molecule has 1 atom stereocenters. The van der Waals surface area contributed by atoms with Crippen LogP contribution in [0, 0.1) is 5.41 Å². The zero-order valence-electron chi connectivity index (χ0n) is 10.9. The highest BCUT2D eigenvalue weighted by atomic mass is 15.1. The molecule has 0 saturated heterocycles. The minimum Gasteiger partial charge on any atom is -0.370 e. The fraction of sp³-hybridized carbons (Fsp3) is 0.571. The molecule has 16 heavy (non-hydrogen) atoms. The second kappa shape index (κ2) is 5.35. The van der Waals surface area contributed by atoms with Crippen molar-refractivity contribution in [3.63, 3.8) is 0 Å². The molecule has 90 valence electrons. The van der Waals surface area contributed by atoms with Crippen molar-refractivity contribution >= 4 is 5.69 Å². The number of likely N-dealkylation sites (N-methyl/N-ethyl adjacent to an activating group) is 1. The molecule has 0 aromatic heterocycles. The van der Waals surface area contributed by atoms with Crippen molar-refractivity contribution in [3.8, 4) is 0 Å². The molecular weight excluding hydrogens is 196 g/mol. The molecule has 0 aliphatic heterocycles. The van der Waals surface area contributed by atoms with Crippen molar-refractivity contribution in [2.45, 2.75) is 33.2 Å². The van der Waals surface area contributed by atoms with Gasteiger partial charge in [0.2, 0.25) is 0 Å². The summed E-state index contributed by atoms with van der Waals surface area (Å²) in [4.78, 5) is 2.28. The van der Waals surface area contributed by atoms with Gasteiger partial charge in [0.15, 0.2) is 0 Å². The Morgan fingerprint density at radius 3 is 2.19 bits per heavy atom. The monoisotopic (exact) mass is 220 g/mol. The second-order valence-corrected chi connectivity index (χ2v) is 5.60. The molecule has 0 amide bonds. The third-order valence-electron chi connectivity index (χ3n) is 2.83. The number of anilines is 1. The Labute approximate surface area is 99.5 Å². The molecule has 0 radical (unpaired) electrons. The lowest BCUT2D eigenvalue weighted by Crippen LogP contribution is -2.40. The first kappa shape index (κ1) is 13.0. The number of hydrogen-bond donors (Lipinski definition) is 1. The van der Waals surface area contributed by atoms with Gasteiger partial charge in [0.25, 0.3) is 0 Å². The van der Waals surface area contributed by atoms with Gasteiger partial charge in [-0.05, 0) is 24.0 Å². The quantitative estimate of drug-likeness (QED) is 0.845. The molecule has 0 aliphatic rings. The number of rotatable bonds is 4. The normalized spacial score (nSPS) is 13.6. The molecule has 0 fully saturated rings. The van der Waals surface area contributed by atoms with Gasteiger partial charge in [-0.2, -0.15) is 0 Å². The van der Waals surface area contributed by atoms with Gasteiger partial charge in [-0.1, -0.05) is 39.0 Å². The first-order valence-electron chi connectivity index (χ1n) is 5.92. The number of hydrogen-bond acceptors (Lipinski definition) is 2. The third kappa shape index (κ3) is 3.86. The van der Waals surface area contributed by atoms with Crippen molar-refractivity contribution < 1.29 is 0 Å². The van der Waals surface area contributed by atoms with Crippen molar-refractivity contribution in [3.05, 3.63) is 30.3 Å². The fourth-order valence-electron chi connectivity index (χ4n) is 1.96. The second-order valence-electron chi connectivity index (χ2n) is 5.60. The largest absolute Gasteiger partial charge is 0.370 e. The zero-order chi connectivity index (χ0) is 12.2. The molecule has 2 heteroatoms. The summed E-state index contributed by atoms with van der Waals surface area (Å²) < 4.78 is 0. The van der Waals surface area contributed by atoms with E-state index in [1.54, 1.807) is 0 Å². The topological polar surface area (TPSA) is 29.3 Å². The molecule has 1 aromatic carbocycles. The Morgan fingerprint density at radius 1 is 1.19 bits per heavy atom. The summed E-state index contributed by atoms with van der Waals surface area (Å²) in [7, 11) is 2.12. The van der Waals surface area contributed by atoms with Crippen LogP contribution in [-0.4, -0.2) is 19.6 Å². The number of nitrogens with zero attached hydrogens (tertiary/aromatic N) is 1. The molecule has 2 nitrogen and oxygen atoms in total. The van der Waals surface area contributed by atoms with Crippen molar-refractivity contribution in [1.29, 1.82) is 0 Å². The Morgan fingerprint density at radius 2 is 1.75 bits per heavy atom. The van der Waals surface area contributed by atoms with E-state index in [9.17, 15) is 0 Å². The maximum absolute atomic E-state index is 5.88. The summed E-state index contributed by atoms with van der Waals surface area (Å²) in [6.45, 7) is 7.47. The summed E-state index contributed by atoms with van der Waals surface area (Å²) >= 11 is 0. The third-order valence-corrected chi connectivity index (χ3v) is 2.83. The molecule has 1 aromatic rings. The van der Waals surface area contributed by atoms with Gasteiger partial charge in [-0.3, -0.25) is 0 Å². The van der Waals surface area contributed by atoms with Crippen LogP contribution in [-0.2, 0) is 0 Å². The highest BCUT2D eigenvalue weighted by molar-refractivity contribution is 5.46. The van der Waals surface area contributed by atoms with Crippen LogP contribution in [0.15, 0.2) is 30.3 Å². The molecule has 0 saturated carbocycles. The van der Waals surface area contributed by atoms with Crippen molar-refractivity contribution in [1.82, 2.24) is 0 Å². The highest BCUT2D eigenvalue weighted by Gasteiger charge is 2.21. The van der Waals surface area contributed by atoms with E-state index in [0.717, 1.165) is 6.42 Å². The van der Waals surface area contributed by atoms with E-state index in [2.05, 4.69) is 57.0 Å². The van der Waals surface area contributed by atoms with E-state index >= 15 is 0 Å². The number of nitrogens with two attached hydrogens (primary N) is 1. The Kier molecular flexibility index (Phi) is 4.36. The lowest BCUT2D eigenvalue weighted by atomic mass is 9.87. The van der Waals surface area contributed by atoms with E-state index in [-0.39, 0.29) is 0 Å².